The number of esters is 2. The third-order valence-corrected chi connectivity index (χ3v) is 7.26. The molecule has 2 aromatic rings. The van der Waals surface area contributed by atoms with Crippen LogP contribution < -0.4 is 0 Å². The lowest BCUT2D eigenvalue weighted by Gasteiger charge is -2.27. The van der Waals surface area contributed by atoms with Crippen molar-refractivity contribution < 1.29 is 28.6 Å². The first kappa shape index (κ1) is 26.9. The van der Waals surface area contributed by atoms with Crippen molar-refractivity contribution in [3.63, 3.8) is 0 Å². The minimum Gasteiger partial charge on any atom is -0.458 e. The van der Waals surface area contributed by atoms with Crippen LogP contribution >= 0.6 is 0 Å². The van der Waals surface area contributed by atoms with Gasteiger partial charge in [0.2, 0.25) is 5.91 Å². The van der Waals surface area contributed by atoms with E-state index in [9.17, 15) is 14.4 Å². The first-order chi connectivity index (χ1) is 18.0. The normalized spacial score (nSPS) is 16.6. The first-order valence-electron chi connectivity index (χ1n) is 13.3. The quantitative estimate of drug-likeness (QED) is 0.396. The monoisotopic (exact) mass is 507 g/mol. The molecule has 2 fully saturated rings. The summed E-state index contributed by atoms with van der Waals surface area (Å²) in [5, 5.41) is 0. The summed E-state index contributed by atoms with van der Waals surface area (Å²) >= 11 is 0. The molecule has 1 heterocycles. The summed E-state index contributed by atoms with van der Waals surface area (Å²) in [6.07, 6.45) is 5.65. The summed E-state index contributed by atoms with van der Waals surface area (Å²) in [5.74, 6) is -0.320. The fourth-order valence-corrected chi connectivity index (χ4v) is 4.68. The highest BCUT2D eigenvalue weighted by atomic mass is 16.6. The summed E-state index contributed by atoms with van der Waals surface area (Å²) in [7, 11) is 1.65. The molecule has 37 heavy (non-hydrogen) atoms. The second kappa shape index (κ2) is 13.4. The lowest BCUT2D eigenvalue weighted by atomic mass is 9.91. The SMILES string of the molecule is CN(C(=O)CCc1ccc(C2CCOCC2)cc1)[C@@H](CC1CC1)C(=O)OCC(=O)OCc1ccccc1. The molecule has 7 nitrogen and oxygen atoms in total. The molecule has 7 heteroatoms. The van der Waals surface area contributed by atoms with Gasteiger partial charge in [0, 0.05) is 26.7 Å². The average Bonchev–Trinajstić information content (AvgIpc) is 3.77. The van der Waals surface area contributed by atoms with Gasteiger partial charge in [-0.15, -0.1) is 0 Å². The van der Waals surface area contributed by atoms with E-state index in [1.54, 1.807) is 7.05 Å². The molecular formula is C30H37NO6. The fourth-order valence-electron chi connectivity index (χ4n) is 4.68. The number of rotatable bonds is 12. The smallest absolute Gasteiger partial charge is 0.344 e. The van der Waals surface area contributed by atoms with Gasteiger partial charge in [-0.3, -0.25) is 4.79 Å². The van der Waals surface area contributed by atoms with Crippen LogP contribution in [0.15, 0.2) is 54.6 Å². The molecule has 2 aromatic carbocycles. The van der Waals surface area contributed by atoms with Gasteiger partial charge >= 0.3 is 11.9 Å². The molecule has 1 saturated carbocycles. The molecule has 0 spiro atoms. The molecule has 2 aliphatic rings. The van der Waals surface area contributed by atoms with E-state index < -0.39 is 24.6 Å². The van der Waals surface area contributed by atoms with Crippen LogP contribution in [-0.4, -0.2) is 55.7 Å². The van der Waals surface area contributed by atoms with Crippen molar-refractivity contribution in [2.45, 2.75) is 63.5 Å². The summed E-state index contributed by atoms with van der Waals surface area (Å²) in [4.78, 5) is 39.4. The highest BCUT2D eigenvalue weighted by molar-refractivity contribution is 5.85. The molecule has 1 saturated heterocycles. The van der Waals surface area contributed by atoms with Gasteiger partial charge in [-0.1, -0.05) is 67.4 Å². The van der Waals surface area contributed by atoms with Crippen molar-refractivity contribution in [3.8, 4) is 0 Å². The van der Waals surface area contributed by atoms with Crippen LogP contribution in [0.4, 0.5) is 0 Å². The van der Waals surface area contributed by atoms with Crippen molar-refractivity contribution >= 4 is 17.8 Å². The van der Waals surface area contributed by atoms with Crippen LogP contribution in [0, 0.1) is 5.92 Å². The highest BCUT2D eigenvalue weighted by Crippen LogP contribution is 2.35. The third kappa shape index (κ3) is 8.42. The Hall–Kier alpha value is -3.19. The molecule has 1 atom stereocenters. The number of ether oxygens (including phenoxy) is 3. The third-order valence-electron chi connectivity index (χ3n) is 7.26. The maximum absolute atomic E-state index is 13.0. The van der Waals surface area contributed by atoms with Gasteiger partial charge in [0.25, 0.3) is 0 Å². The van der Waals surface area contributed by atoms with Gasteiger partial charge in [-0.05, 0) is 54.2 Å². The molecule has 1 amide bonds. The van der Waals surface area contributed by atoms with Gasteiger partial charge in [-0.25, -0.2) is 9.59 Å². The molecule has 0 radical (unpaired) electrons. The largest absolute Gasteiger partial charge is 0.458 e. The van der Waals surface area contributed by atoms with Gasteiger partial charge in [0.1, 0.15) is 12.6 Å². The standard InChI is InChI=1S/C30H37NO6/c1-31(28(32)14-11-22-9-12-25(13-10-22)26-15-17-35-18-16-26)27(19-23-7-8-23)30(34)37-21-29(33)36-20-24-5-3-2-4-6-24/h2-6,9-10,12-13,23,26-27H,7-8,11,14-21H2,1H3/t27-/m0/s1. The Balaban J connectivity index is 1.24. The van der Waals surface area contributed by atoms with Crippen molar-refractivity contribution in [2.75, 3.05) is 26.9 Å². The van der Waals surface area contributed by atoms with Gasteiger partial charge in [0.05, 0.1) is 0 Å². The number of hydrogen-bond acceptors (Lipinski definition) is 6. The summed E-state index contributed by atoms with van der Waals surface area (Å²) < 4.78 is 15.9. The van der Waals surface area contributed by atoms with Gasteiger partial charge in [-0.2, -0.15) is 0 Å². The molecule has 0 N–H and O–H groups in total. The molecule has 0 unspecified atom stereocenters. The maximum atomic E-state index is 13.0. The topological polar surface area (TPSA) is 82.1 Å². The lowest BCUT2D eigenvalue weighted by Crippen LogP contribution is -2.44. The van der Waals surface area contributed by atoms with E-state index in [2.05, 4.69) is 24.3 Å². The van der Waals surface area contributed by atoms with Gasteiger partial charge < -0.3 is 19.1 Å². The Morgan fingerprint density at radius 3 is 2.30 bits per heavy atom. The molecule has 0 bridgehead atoms. The number of amides is 1. The van der Waals surface area contributed by atoms with Crippen LogP contribution in [0.1, 0.15) is 61.1 Å². The number of nitrogens with zero attached hydrogens (tertiary/aromatic N) is 1. The Morgan fingerprint density at radius 2 is 1.62 bits per heavy atom. The summed E-state index contributed by atoms with van der Waals surface area (Å²) in [6, 6.07) is 17.1. The molecule has 198 valence electrons. The zero-order valence-electron chi connectivity index (χ0n) is 21.6. The maximum Gasteiger partial charge on any atom is 0.344 e. The zero-order chi connectivity index (χ0) is 26.0. The van der Waals surface area contributed by atoms with E-state index in [4.69, 9.17) is 14.2 Å². The number of carbonyl (C=O) groups excluding carboxylic acids is 3. The van der Waals surface area contributed by atoms with Crippen LogP contribution in [0.2, 0.25) is 0 Å². The Labute approximate surface area is 219 Å². The number of aryl methyl sites for hydroxylation is 1. The van der Waals surface area contributed by atoms with Crippen molar-refractivity contribution in [2.24, 2.45) is 5.92 Å². The zero-order valence-corrected chi connectivity index (χ0v) is 21.6. The number of carbonyl (C=O) groups is 3. The lowest BCUT2D eigenvalue weighted by molar-refractivity contribution is -0.164. The van der Waals surface area contributed by atoms with Crippen LogP contribution in [0.25, 0.3) is 0 Å². The molecular weight excluding hydrogens is 470 g/mol. The van der Waals surface area contributed by atoms with Crippen molar-refractivity contribution in [1.82, 2.24) is 4.90 Å². The average molecular weight is 508 g/mol. The van der Waals surface area contributed by atoms with E-state index in [1.807, 2.05) is 30.3 Å². The van der Waals surface area contributed by atoms with E-state index in [0.29, 0.717) is 31.1 Å². The second-order valence-electron chi connectivity index (χ2n) is 10.1. The Kier molecular flexibility index (Phi) is 9.71. The van der Waals surface area contributed by atoms with Crippen molar-refractivity contribution in [1.29, 1.82) is 0 Å². The number of benzene rings is 2. The van der Waals surface area contributed by atoms with Crippen LogP contribution in [0.5, 0.6) is 0 Å². The van der Waals surface area contributed by atoms with Gasteiger partial charge in [0.15, 0.2) is 6.61 Å². The minimum absolute atomic E-state index is 0.109. The molecule has 0 aromatic heterocycles. The fraction of sp³-hybridized carbons (Fsp3) is 0.500. The molecule has 1 aliphatic carbocycles. The number of hydrogen-bond donors (Lipinski definition) is 0. The van der Waals surface area contributed by atoms with Crippen LogP contribution in [0.3, 0.4) is 0 Å². The Morgan fingerprint density at radius 1 is 0.919 bits per heavy atom. The second-order valence-corrected chi connectivity index (χ2v) is 10.1. The minimum atomic E-state index is -0.696. The van der Waals surface area contributed by atoms with Crippen LogP contribution in [-0.2, 0) is 41.6 Å². The summed E-state index contributed by atoms with van der Waals surface area (Å²) in [6.45, 7) is 1.28. The molecule has 1 aliphatic heterocycles. The first-order valence-corrected chi connectivity index (χ1v) is 13.3. The number of likely N-dealkylation sites (N-methyl/N-ethyl adjacent to an activating group) is 1. The predicted molar refractivity (Wildman–Crippen MR) is 139 cm³/mol. The Bertz CT molecular complexity index is 1030. The summed E-state index contributed by atoms with van der Waals surface area (Å²) in [5.41, 5.74) is 3.28. The van der Waals surface area contributed by atoms with E-state index in [-0.39, 0.29) is 12.5 Å². The van der Waals surface area contributed by atoms with E-state index >= 15 is 0 Å². The highest BCUT2D eigenvalue weighted by Gasteiger charge is 2.35. The van der Waals surface area contributed by atoms with E-state index in [1.165, 1.54) is 10.5 Å². The molecule has 4 rings (SSSR count). The predicted octanol–water partition coefficient (Wildman–Crippen LogP) is 4.43. The van der Waals surface area contributed by atoms with Crippen molar-refractivity contribution in [3.05, 3.63) is 71.3 Å². The van der Waals surface area contributed by atoms with E-state index in [0.717, 1.165) is 50.0 Å².